The monoisotopic (exact) mass is 301 g/mol. The second-order valence-corrected chi connectivity index (χ2v) is 5.84. The Morgan fingerprint density at radius 3 is 2.95 bits per heavy atom. The molecule has 5 heteroatoms. The maximum absolute atomic E-state index is 12.7. The Labute approximate surface area is 128 Å². The van der Waals surface area contributed by atoms with E-state index in [1.807, 2.05) is 29.2 Å². The first-order chi connectivity index (χ1) is 10.6. The first-order valence-corrected chi connectivity index (χ1v) is 7.62. The second-order valence-electron chi connectivity index (χ2n) is 5.84. The number of benzene rings is 1. The van der Waals surface area contributed by atoms with Gasteiger partial charge in [-0.05, 0) is 31.2 Å². The Morgan fingerprint density at radius 1 is 1.32 bits per heavy atom. The molecule has 1 aliphatic heterocycles. The molecular weight excluding hydrogens is 282 g/mol. The van der Waals surface area contributed by atoms with Gasteiger partial charge in [-0.25, -0.2) is 0 Å². The largest absolute Gasteiger partial charge is 0.481 e. The highest BCUT2D eigenvalue weighted by Gasteiger charge is 2.26. The highest BCUT2D eigenvalue weighted by molar-refractivity contribution is 6.05. The number of carboxylic acid groups (broad SMARTS) is 1. The van der Waals surface area contributed by atoms with E-state index in [1.54, 1.807) is 0 Å². The molecular formula is C17H19NO4. The van der Waals surface area contributed by atoms with Gasteiger partial charge in [0.2, 0.25) is 0 Å². The summed E-state index contributed by atoms with van der Waals surface area (Å²) in [5, 5.41) is 9.63. The number of nitrogens with zero attached hydrogens (tertiary/aromatic N) is 1. The molecule has 1 N–H and O–H groups in total. The van der Waals surface area contributed by atoms with Crippen molar-refractivity contribution in [3.63, 3.8) is 0 Å². The van der Waals surface area contributed by atoms with Crippen molar-refractivity contribution >= 4 is 22.8 Å². The van der Waals surface area contributed by atoms with Crippen LogP contribution in [0.5, 0.6) is 0 Å². The maximum atomic E-state index is 12.7. The Bertz CT molecular complexity index is 691. The summed E-state index contributed by atoms with van der Waals surface area (Å²) in [6.07, 6.45) is 4.23. The lowest BCUT2D eigenvalue weighted by molar-refractivity contribution is -0.137. The van der Waals surface area contributed by atoms with E-state index in [1.165, 1.54) is 6.26 Å². The molecule has 1 aromatic carbocycles. The number of piperidine rings is 1. The fourth-order valence-corrected chi connectivity index (χ4v) is 3.13. The van der Waals surface area contributed by atoms with E-state index < -0.39 is 5.97 Å². The van der Waals surface area contributed by atoms with Gasteiger partial charge in [-0.2, -0.15) is 0 Å². The molecule has 116 valence electrons. The topological polar surface area (TPSA) is 70.8 Å². The number of likely N-dealkylation sites (tertiary alicyclic amines) is 1. The molecule has 1 aliphatic rings. The van der Waals surface area contributed by atoms with Gasteiger partial charge in [0.1, 0.15) is 11.8 Å². The summed E-state index contributed by atoms with van der Waals surface area (Å²) in [7, 11) is 0. The minimum absolute atomic E-state index is 0.0232. The molecule has 1 aromatic heterocycles. The number of rotatable bonds is 4. The van der Waals surface area contributed by atoms with E-state index in [2.05, 4.69) is 0 Å². The van der Waals surface area contributed by atoms with Crippen LogP contribution in [0.4, 0.5) is 0 Å². The molecule has 0 spiro atoms. The van der Waals surface area contributed by atoms with Crippen molar-refractivity contribution in [2.45, 2.75) is 25.7 Å². The zero-order chi connectivity index (χ0) is 15.5. The highest BCUT2D eigenvalue weighted by Crippen LogP contribution is 2.26. The van der Waals surface area contributed by atoms with Crippen LogP contribution in [-0.4, -0.2) is 35.0 Å². The zero-order valence-corrected chi connectivity index (χ0v) is 12.3. The first kappa shape index (κ1) is 14.6. The maximum Gasteiger partial charge on any atom is 0.303 e. The molecule has 5 nitrogen and oxygen atoms in total. The van der Waals surface area contributed by atoms with Crippen molar-refractivity contribution < 1.29 is 19.1 Å². The molecule has 22 heavy (non-hydrogen) atoms. The average Bonchev–Trinajstić information content (AvgIpc) is 2.96. The summed E-state index contributed by atoms with van der Waals surface area (Å²) in [4.78, 5) is 25.2. The molecule has 1 amide bonds. The quantitative estimate of drug-likeness (QED) is 0.941. The third-order valence-electron chi connectivity index (χ3n) is 4.28. The van der Waals surface area contributed by atoms with Crippen molar-refractivity contribution in [3.05, 3.63) is 36.1 Å². The summed E-state index contributed by atoms with van der Waals surface area (Å²) in [6.45, 7) is 1.35. The Hall–Kier alpha value is -2.30. The van der Waals surface area contributed by atoms with Crippen molar-refractivity contribution in [1.29, 1.82) is 0 Å². The van der Waals surface area contributed by atoms with E-state index in [-0.39, 0.29) is 18.2 Å². The molecule has 0 aliphatic carbocycles. The number of carboxylic acids is 1. The number of furan rings is 1. The molecule has 1 saturated heterocycles. The van der Waals surface area contributed by atoms with E-state index in [0.29, 0.717) is 24.1 Å². The van der Waals surface area contributed by atoms with Crippen LogP contribution in [0.3, 0.4) is 0 Å². The minimum Gasteiger partial charge on any atom is -0.481 e. The first-order valence-electron chi connectivity index (χ1n) is 7.62. The smallest absolute Gasteiger partial charge is 0.303 e. The van der Waals surface area contributed by atoms with Gasteiger partial charge in [-0.1, -0.05) is 18.2 Å². The fourth-order valence-electron chi connectivity index (χ4n) is 3.13. The number of amides is 1. The molecule has 0 saturated carbocycles. The molecule has 3 rings (SSSR count). The summed E-state index contributed by atoms with van der Waals surface area (Å²) >= 11 is 0. The second kappa shape index (κ2) is 6.22. The molecule has 1 atom stereocenters. The van der Waals surface area contributed by atoms with E-state index in [0.717, 1.165) is 24.8 Å². The van der Waals surface area contributed by atoms with Crippen molar-refractivity contribution in [1.82, 2.24) is 4.90 Å². The van der Waals surface area contributed by atoms with Gasteiger partial charge in [0, 0.05) is 24.9 Å². The van der Waals surface area contributed by atoms with E-state index >= 15 is 0 Å². The van der Waals surface area contributed by atoms with Crippen LogP contribution >= 0.6 is 0 Å². The summed E-state index contributed by atoms with van der Waals surface area (Å²) in [5.74, 6) is -0.527. The molecule has 0 bridgehead atoms. The van der Waals surface area contributed by atoms with Crippen LogP contribution < -0.4 is 0 Å². The number of aliphatic carboxylic acids is 1. The van der Waals surface area contributed by atoms with Gasteiger partial charge in [0.25, 0.3) is 5.91 Å². The minimum atomic E-state index is -0.774. The van der Waals surface area contributed by atoms with Crippen molar-refractivity contribution in [2.24, 2.45) is 5.92 Å². The van der Waals surface area contributed by atoms with Crippen molar-refractivity contribution in [3.8, 4) is 0 Å². The van der Waals surface area contributed by atoms with Crippen molar-refractivity contribution in [2.75, 3.05) is 13.1 Å². The standard InChI is InChI=1S/C17H19NO4/c19-16(20)8-7-12-4-3-9-18(10-12)17(21)14-11-22-15-6-2-1-5-13(14)15/h1-2,5-6,11-12H,3-4,7-10H2,(H,19,20)/t12-/m0/s1. The number of carbonyl (C=O) groups excluding carboxylic acids is 1. The summed E-state index contributed by atoms with van der Waals surface area (Å²) in [5.41, 5.74) is 1.31. The third kappa shape index (κ3) is 2.98. The fraction of sp³-hybridized carbons (Fsp3) is 0.412. The van der Waals surface area contributed by atoms with Crippen LogP contribution in [0, 0.1) is 5.92 Å². The SMILES string of the molecule is O=C(O)CC[C@@H]1CCCN(C(=O)c2coc3ccccc23)C1. The lowest BCUT2D eigenvalue weighted by atomic mass is 9.93. The summed E-state index contributed by atoms with van der Waals surface area (Å²) < 4.78 is 5.44. The Kier molecular flexibility index (Phi) is 4.13. The van der Waals surface area contributed by atoms with Crippen LogP contribution in [0.15, 0.2) is 34.9 Å². The number of fused-ring (bicyclic) bond motifs is 1. The third-order valence-corrected chi connectivity index (χ3v) is 4.28. The van der Waals surface area contributed by atoms with Gasteiger partial charge in [0.15, 0.2) is 0 Å². The lowest BCUT2D eigenvalue weighted by Crippen LogP contribution is -2.40. The number of hydrogen-bond donors (Lipinski definition) is 1. The zero-order valence-electron chi connectivity index (χ0n) is 12.3. The van der Waals surface area contributed by atoms with E-state index in [9.17, 15) is 9.59 Å². The molecule has 2 heterocycles. The van der Waals surface area contributed by atoms with Crippen LogP contribution in [0.2, 0.25) is 0 Å². The van der Waals surface area contributed by atoms with Gasteiger partial charge < -0.3 is 14.4 Å². The van der Waals surface area contributed by atoms with Crippen LogP contribution in [0.25, 0.3) is 11.0 Å². The lowest BCUT2D eigenvalue weighted by Gasteiger charge is -2.32. The van der Waals surface area contributed by atoms with Gasteiger partial charge >= 0.3 is 5.97 Å². The molecule has 1 fully saturated rings. The molecule has 2 aromatic rings. The van der Waals surface area contributed by atoms with Crippen LogP contribution in [0.1, 0.15) is 36.0 Å². The number of para-hydroxylation sites is 1. The van der Waals surface area contributed by atoms with Gasteiger partial charge in [0.05, 0.1) is 5.56 Å². The Balaban J connectivity index is 1.73. The number of hydrogen-bond acceptors (Lipinski definition) is 3. The summed E-state index contributed by atoms with van der Waals surface area (Å²) in [6, 6.07) is 7.50. The van der Waals surface area contributed by atoms with Gasteiger partial charge in [-0.3, -0.25) is 9.59 Å². The number of carbonyl (C=O) groups is 2. The highest BCUT2D eigenvalue weighted by atomic mass is 16.4. The average molecular weight is 301 g/mol. The van der Waals surface area contributed by atoms with Gasteiger partial charge in [-0.15, -0.1) is 0 Å². The normalized spacial score (nSPS) is 18.5. The van der Waals surface area contributed by atoms with E-state index in [4.69, 9.17) is 9.52 Å². The van der Waals surface area contributed by atoms with Crippen LogP contribution in [-0.2, 0) is 4.79 Å². The molecule has 0 unspecified atom stereocenters. The molecule has 0 radical (unpaired) electrons. The predicted octanol–water partition coefficient (Wildman–Crippen LogP) is 3.15. The predicted molar refractivity (Wildman–Crippen MR) is 81.7 cm³/mol. The Morgan fingerprint density at radius 2 is 2.14 bits per heavy atom.